The number of pyridine rings is 1. The van der Waals surface area contributed by atoms with E-state index in [1.165, 1.54) is 17.5 Å². The van der Waals surface area contributed by atoms with Crippen molar-refractivity contribution in [2.45, 2.75) is 13.5 Å². The Morgan fingerprint density at radius 2 is 2.23 bits per heavy atom. The van der Waals surface area contributed by atoms with Gasteiger partial charge in [-0.3, -0.25) is 0 Å². The molecule has 160 valence electrons. The lowest BCUT2D eigenvalue weighted by Gasteiger charge is -2.09. The fourth-order valence-corrected chi connectivity index (χ4v) is 3.88. The number of nitrogens with one attached hydrogen (secondary N) is 1. The van der Waals surface area contributed by atoms with Crippen LogP contribution in [0.15, 0.2) is 40.3 Å². The van der Waals surface area contributed by atoms with E-state index in [4.69, 9.17) is 24.7 Å². The van der Waals surface area contributed by atoms with E-state index in [0.717, 1.165) is 11.1 Å². The number of fused-ring (bicyclic) bond motifs is 1. The molecule has 0 saturated heterocycles. The minimum atomic E-state index is -0.679. The largest absolute Gasteiger partial charge is 0.489 e. The molecule has 1 amide bonds. The number of aromatic nitrogens is 3. The first kappa shape index (κ1) is 20.6. The Labute approximate surface area is 180 Å². The highest BCUT2D eigenvalue weighted by atomic mass is 32.1. The van der Waals surface area contributed by atoms with Crippen LogP contribution < -0.4 is 20.5 Å². The van der Waals surface area contributed by atoms with Crippen molar-refractivity contribution in [2.24, 2.45) is 0 Å². The maximum atomic E-state index is 11.8. The van der Waals surface area contributed by atoms with Gasteiger partial charge in [0, 0.05) is 30.0 Å². The molecule has 0 fully saturated rings. The molecule has 3 aromatic heterocycles. The summed E-state index contributed by atoms with van der Waals surface area (Å²) in [5.41, 5.74) is 7.64. The summed E-state index contributed by atoms with van der Waals surface area (Å²) in [7, 11) is 0. The van der Waals surface area contributed by atoms with Gasteiger partial charge in [0.2, 0.25) is 11.8 Å². The highest BCUT2D eigenvalue weighted by Gasteiger charge is 2.16. The second kappa shape index (κ2) is 8.98. The zero-order valence-corrected chi connectivity index (χ0v) is 17.3. The predicted octanol–water partition coefficient (Wildman–Crippen LogP) is 2.90. The number of nitrogens with zero attached hydrogens (tertiary/aromatic N) is 3. The molecule has 11 heteroatoms. The number of anilines is 1. The number of aliphatic hydroxyl groups excluding tert-OH is 1. The van der Waals surface area contributed by atoms with Gasteiger partial charge in [-0.25, -0.2) is 9.78 Å². The van der Waals surface area contributed by atoms with Crippen molar-refractivity contribution < 1.29 is 23.8 Å². The van der Waals surface area contributed by atoms with Gasteiger partial charge in [-0.15, -0.1) is 21.5 Å². The Bertz CT molecular complexity index is 1220. The van der Waals surface area contributed by atoms with Crippen LogP contribution in [0.2, 0.25) is 0 Å². The average molecular weight is 441 g/mol. The van der Waals surface area contributed by atoms with Gasteiger partial charge in [0.1, 0.15) is 18.2 Å². The summed E-state index contributed by atoms with van der Waals surface area (Å²) in [5.74, 6) is 2.11. The van der Waals surface area contributed by atoms with Gasteiger partial charge in [-0.05, 0) is 23.6 Å². The van der Waals surface area contributed by atoms with Crippen molar-refractivity contribution in [1.29, 1.82) is 0 Å². The first-order chi connectivity index (χ1) is 15.0. The van der Waals surface area contributed by atoms with Gasteiger partial charge < -0.3 is 30.0 Å². The molecular weight excluding hydrogens is 422 g/mol. The summed E-state index contributed by atoms with van der Waals surface area (Å²) in [4.78, 5) is 16.0. The van der Waals surface area contributed by atoms with Crippen molar-refractivity contribution in [2.75, 3.05) is 18.9 Å². The Hall–Kier alpha value is -3.70. The number of rotatable bonds is 7. The van der Waals surface area contributed by atoms with Gasteiger partial charge in [0.05, 0.1) is 17.5 Å². The van der Waals surface area contributed by atoms with E-state index >= 15 is 0 Å². The molecule has 0 radical (unpaired) electrons. The molecule has 4 aromatic rings. The minimum absolute atomic E-state index is 0.0934. The van der Waals surface area contributed by atoms with Crippen molar-refractivity contribution in [3.05, 3.63) is 47.3 Å². The summed E-state index contributed by atoms with van der Waals surface area (Å²) in [6.07, 6.45) is 0.717. The highest BCUT2D eigenvalue weighted by molar-refractivity contribution is 7.17. The van der Waals surface area contributed by atoms with Crippen molar-refractivity contribution in [3.8, 4) is 23.0 Å². The Morgan fingerprint density at radius 1 is 1.35 bits per heavy atom. The smallest absolute Gasteiger partial charge is 0.412 e. The molecule has 0 saturated carbocycles. The van der Waals surface area contributed by atoms with Crippen LogP contribution in [-0.4, -0.2) is 39.5 Å². The number of amides is 1. The molecule has 4 rings (SSSR count). The molecule has 0 aliphatic carbocycles. The molecular formula is C20H19N5O5S. The monoisotopic (exact) mass is 441 g/mol. The van der Waals surface area contributed by atoms with Crippen molar-refractivity contribution >= 4 is 33.3 Å². The number of thiophene rings is 1. The molecule has 0 unspecified atom stereocenters. The molecule has 0 spiro atoms. The lowest BCUT2D eigenvalue weighted by atomic mass is 10.2. The van der Waals surface area contributed by atoms with E-state index in [9.17, 15) is 4.79 Å². The Kier molecular flexibility index (Phi) is 5.96. The first-order valence-corrected chi connectivity index (χ1v) is 10.2. The van der Waals surface area contributed by atoms with Gasteiger partial charge in [-0.2, -0.15) is 0 Å². The van der Waals surface area contributed by atoms with Crippen molar-refractivity contribution in [1.82, 2.24) is 20.5 Å². The van der Waals surface area contributed by atoms with E-state index in [2.05, 4.69) is 20.5 Å². The van der Waals surface area contributed by atoms with Gasteiger partial charge in [0.15, 0.2) is 5.75 Å². The standard InChI is InChI=1S/C20H19N5O5S/c1-11-24-25-19(29-11)12-3-2-4-14(7-12)28-9-13-10-31-17-15(8-23-18(21)16(13)17)30-20(27)22-5-6-26/h2-4,7-8,10,26H,5-6,9H2,1H3,(H2,21,23)(H,22,27). The number of ether oxygens (including phenoxy) is 2. The maximum Gasteiger partial charge on any atom is 0.412 e. The quantitative estimate of drug-likeness (QED) is 0.394. The lowest BCUT2D eigenvalue weighted by molar-refractivity contribution is 0.196. The molecule has 31 heavy (non-hydrogen) atoms. The zero-order valence-electron chi connectivity index (χ0n) is 16.5. The topological polar surface area (TPSA) is 146 Å². The normalized spacial score (nSPS) is 10.9. The molecule has 0 bridgehead atoms. The zero-order chi connectivity index (χ0) is 21.8. The number of aliphatic hydroxyl groups is 1. The maximum absolute atomic E-state index is 11.8. The number of nitrogens with two attached hydrogens (primary N) is 1. The first-order valence-electron chi connectivity index (χ1n) is 9.29. The third-order valence-electron chi connectivity index (χ3n) is 4.25. The van der Waals surface area contributed by atoms with Crippen molar-refractivity contribution in [3.63, 3.8) is 0 Å². The van der Waals surface area contributed by atoms with Crippen LogP contribution in [-0.2, 0) is 6.61 Å². The number of hydrogen-bond donors (Lipinski definition) is 3. The van der Waals surface area contributed by atoms with Gasteiger partial charge >= 0.3 is 6.09 Å². The SMILES string of the molecule is Cc1nnc(-c2cccc(OCc3csc4c(OC(=O)NCCO)cnc(N)c34)c2)o1. The van der Waals surface area contributed by atoms with Crippen LogP contribution in [0.4, 0.5) is 10.6 Å². The Balaban J connectivity index is 1.53. The third-order valence-corrected chi connectivity index (χ3v) is 5.30. The predicted molar refractivity (Wildman–Crippen MR) is 114 cm³/mol. The number of hydrogen-bond acceptors (Lipinski definition) is 10. The number of aryl methyl sites for hydroxylation is 1. The van der Waals surface area contributed by atoms with E-state index in [0.29, 0.717) is 33.4 Å². The molecule has 4 N–H and O–H groups in total. The molecule has 1 aromatic carbocycles. The summed E-state index contributed by atoms with van der Waals surface area (Å²) in [5, 5.41) is 21.6. The number of nitrogen functional groups attached to an aromatic ring is 1. The molecule has 3 heterocycles. The van der Waals surface area contributed by atoms with Crippen LogP contribution >= 0.6 is 11.3 Å². The van der Waals surface area contributed by atoms with Gasteiger partial charge in [-0.1, -0.05) is 6.07 Å². The average Bonchev–Trinajstić information content (AvgIpc) is 3.40. The van der Waals surface area contributed by atoms with E-state index < -0.39 is 6.09 Å². The van der Waals surface area contributed by atoms with Crippen LogP contribution in [0.3, 0.4) is 0 Å². The Morgan fingerprint density at radius 3 is 3.00 bits per heavy atom. The van der Waals surface area contributed by atoms with E-state index in [1.807, 2.05) is 29.6 Å². The van der Waals surface area contributed by atoms with E-state index in [-0.39, 0.29) is 25.5 Å². The third kappa shape index (κ3) is 4.57. The molecule has 0 atom stereocenters. The lowest BCUT2D eigenvalue weighted by Crippen LogP contribution is -2.29. The summed E-state index contributed by atoms with van der Waals surface area (Å²) >= 11 is 1.37. The fourth-order valence-electron chi connectivity index (χ4n) is 2.87. The minimum Gasteiger partial charge on any atom is -0.489 e. The highest BCUT2D eigenvalue weighted by Crippen LogP contribution is 2.37. The van der Waals surface area contributed by atoms with Crippen LogP contribution in [0, 0.1) is 6.92 Å². The number of benzene rings is 1. The van der Waals surface area contributed by atoms with Crippen LogP contribution in [0.25, 0.3) is 21.5 Å². The summed E-state index contributed by atoms with van der Waals surface area (Å²) in [6.45, 7) is 1.87. The second-order valence-electron chi connectivity index (χ2n) is 6.46. The van der Waals surface area contributed by atoms with Gasteiger partial charge in [0.25, 0.3) is 0 Å². The summed E-state index contributed by atoms with van der Waals surface area (Å²) < 4.78 is 17.4. The second-order valence-corrected chi connectivity index (χ2v) is 7.34. The number of carbonyl (C=O) groups excluding carboxylic acids is 1. The number of carbonyl (C=O) groups is 1. The summed E-state index contributed by atoms with van der Waals surface area (Å²) in [6, 6.07) is 7.32. The van der Waals surface area contributed by atoms with Crippen LogP contribution in [0.5, 0.6) is 11.5 Å². The molecule has 0 aliphatic heterocycles. The van der Waals surface area contributed by atoms with Crippen LogP contribution in [0.1, 0.15) is 11.5 Å². The molecule has 0 aliphatic rings. The molecule has 10 nitrogen and oxygen atoms in total. The fraction of sp³-hybridized carbons (Fsp3) is 0.200. The van der Waals surface area contributed by atoms with E-state index in [1.54, 1.807) is 6.92 Å².